The Bertz CT molecular complexity index is 980. The van der Waals surface area contributed by atoms with Gasteiger partial charge in [-0.25, -0.2) is 4.79 Å². The highest BCUT2D eigenvalue weighted by Gasteiger charge is 2.25. The van der Waals surface area contributed by atoms with Crippen molar-refractivity contribution in [2.75, 3.05) is 0 Å². The molecule has 26 heavy (non-hydrogen) atoms. The smallest absolute Gasteiger partial charge is 0.343 e. The molecule has 4 rings (SSSR count). The third-order valence-corrected chi connectivity index (χ3v) is 5.76. The van der Waals surface area contributed by atoms with Crippen molar-refractivity contribution < 1.29 is 9.52 Å². The van der Waals surface area contributed by atoms with Crippen molar-refractivity contribution in [2.24, 2.45) is 0 Å². The van der Waals surface area contributed by atoms with Crippen LogP contribution in [0.4, 0.5) is 0 Å². The Morgan fingerprint density at radius 2 is 1.69 bits per heavy atom. The van der Waals surface area contributed by atoms with Gasteiger partial charge >= 0.3 is 5.63 Å². The van der Waals surface area contributed by atoms with E-state index in [4.69, 9.17) is 4.42 Å². The number of hydrogen-bond acceptors (Lipinski definition) is 3. The first-order valence-corrected chi connectivity index (χ1v) is 9.50. The molecule has 1 aliphatic rings. The molecule has 3 nitrogen and oxygen atoms in total. The van der Waals surface area contributed by atoms with Crippen molar-refractivity contribution in [3.63, 3.8) is 0 Å². The summed E-state index contributed by atoms with van der Waals surface area (Å²) in [6.07, 6.45) is 6.22. The fourth-order valence-electron chi connectivity index (χ4n) is 4.38. The fourth-order valence-corrected chi connectivity index (χ4v) is 4.38. The molecule has 2 aromatic carbocycles. The van der Waals surface area contributed by atoms with Gasteiger partial charge < -0.3 is 9.52 Å². The Morgan fingerprint density at radius 1 is 1.00 bits per heavy atom. The summed E-state index contributed by atoms with van der Waals surface area (Å²) in [6, 6.07) is 15.5. The van der Waals surface area contributed by atoms with Crippen molar-refractivity contribution >= 4 is 11.0 Å². The molecule has 0 amide bonds. The highest BCUT2D eigenvalue weighted by atomic mass is 16.4. The molecule has 3 aromatic rings. The number of benzene rings is 2. The zero-order chi connectivity index (χ0) is 18.1. The summed E-state index contributed by atoms with van der Waals surface area (Å²) < 4.78 is 5.49. The van der Waals surface area contributed by atoms with E-state index in [0.29, 0.717) is 22.5 Å². The second-order valence-electron chi connectivity index (χ2n) is 7.33. The summed E-state index contributed by atoms with van der Waals surface area (Å²) in [5, 5.41) is 11.4. The van der Waals surface area contributed by atoms with Gasteiger partial charge in [0.05, 0.1) is 10.9 Å². The van der Waals surface area contributed by atoms with Gasteiger partial charge in [-0.2, -0.15) is 0 Å². The lowest BCUT2D eigenvalue weighted by Gasteiger charge is -2.26. The van der Waals surface area contributed by atoms with Crippen molar-refractivity contribution in [2.45, 2.75) is 50.9 Å². The molecule has 1 aromatic heterocycles. The molecular formula is C23H24O3. The summed E-state index contributed by atoms with van der Waals surface area (Å²) in [5.74, 6) is 0.369. The van der Waals surface area contributed by atoms with Crippen LogP contribution in [0.2, 0.25) is 0 Å². The number of aromatic hydroxyl groups is 1. The van der Waals surface area contributed by atoms with Crippen LogP contribution in [0.3, 0.4) is 0 Å². The highest BCUT2D eigenvalue weighted by Crippen LogP contribution is 2.40. The molecule has 1 heterocycles. The second kappa shape index (κ2) is 6.99. The Labute approximate surface area is 153 Å². The van der Waals surface area contributed by atoms with Crippen LogP contribution in [0.5, 0.6) is 5.75 Å². The fraction of sp³-hybridized carbons (Fsp3) is 0.348. The van der Waals surface area contributed by atoms with Crippen LogP contribution in [-0.4, -0.2) is 5.11 Å². The lowest BCUT2D eigenvalue weighted by atomic mass is 9.78. The van der Waals surface area contributed by atoms with Crippen molar-refractivity contribution in [1.82, 2.24) is 0 Å². The summed E-state index contributed by atoms with van der Waals surface area (Å²) in [5.41, 5.74) is 2.76. The summed E-state index contributed by atoms with van der Waals surface area (Å²) in [4.78, 5) is 12.6. The lowest BCUT2D eigenvalue weighted by Crippen LogP contribution is -2.15. The Kier molecular flexibility index (Phi) is 4.54. The molecular weight excluding hydrogens is 324 g/mol. The Hall–Kier alpha value is -2.55. The van der Waals surface area contributed by atoms with Gasteiger partial charge in [0.1, 0.15) is 11.3 Å². The van der Waals surface area contributed by atoms with E-state index in [0.717, 1.165) is 5.56 Å². The van der Waals surface area contributed by atoms with Gasteiger partial charge in [0.25, 0.3) is 0 Å². The van der Waals surface area contributed by atoms with Gasteiger partial charge in [0.15, 0.2) is 0 Å². The second-order valence-corrected chi connectivity index (χ2v) is 7.33. The summed E-state index contributed by atoms with van der Waals surface area (Å²) in [6.45, 7) is 1.99. The molecule has 1 fully saturated rings. The molecule has 134 valence electrons. The van der Waals surface area contributed by atoms with E-state index < -0.39 is 5.63 Å². The van der Waals surface area contributed by atoms with Crippen LogP contribution in [0.1, 0.15) is 67.6 Å². The molecule has 1 atom stereocenters. The number of hydrogen-bond donors (Lipinski definition) is 1. The molecule has 3 heteroatoms. The molecule has 1 N–H and O–H groups in total. The molecule has 1 aliphatic carbocycles. The average Bonchev–Trinajstić information content (AvgIpc) is 2.68. The molecule has 1 unspecified atom stereocenters. The highest BCUT2D eigenvalue weighted by molar-refractivity contribution is 5.84. The van der Waals surface area contributed by atoms with Crippen LogP contribution in [0, 0.1) is 0 Å². The summed E-state index contributed by atoms with van der Waals surface area (Å²) in [7, 11) is 0. The van der Waals surface area contributed by atoms with Gasteiger partial charge in [-0.1, -0.05) is 62.6 Å². The number of para-hydroxylation sites is 1. The normalized spacial score (nSPS) is 16.7. The third-order valence-electron chi connectivity index (χ3n) is 5.76. The topological polar surface area (TPSA) is 50.4 Å². The predicted octanol–water partition coefficient (Wildman–Crippen LogP) is 5.70. The van der Waals surface area contributed by atoms with E-state index in [1.165, 1.54) is 37.7 Å². The minimum atomic E-state index is -0.452. The average molecular weight is 348 g/mol. The maximum Gasteiger partial charge on any atom is 0.343 e. The van der Waals surface area contributed by atoms with E-state index in [9.17, 15) is 9.90 Å². The lowest BCUT2D eigenvalue weighted by molar-refractivity contribution is 0.438. The van der Waals surface area contributed by atoms with Crippen LogP contribution in [0.15, 0.2) is 57.7 Å². The number of rotatable bonds is 3. The van der Waals surface area contributed by atoms with E-state index >= 15 is 0 Å². The van der Waals surface area contributed by atoms with Crippen molar-refractivity contribution in [3.8, 4) is 5.75 Å². The minimum Gasteiger partial charge on any atom is -0.507 e. The van der Waals surface area contributed by atoms with Crippen LogP contribution in [0.25, 0.3) is 11.0 Å². The SMILES string of the molecule is CC(c1ccccc1C1CCCCC1)c1c(O)c2ccccc2oc1=O. The zero-order valence-corrected chi connectivity index (χ0v) is 15.1. The molecule has 0 spiro atoms. The molecule has 0 saturated heterocycles. The first-order valence-electron chi connectivity index (χ1n) is 9.50. The first-order chi connectivity index (χ1) is 12.7. The third kappa shape index (κ3) is 2.92. The van der Waals surface area contributed by atoms with Crippen LogP contribution < -0.4 is 5.63 Å². The monoisotopic (exact) mass is 348 g/mol. The van der Waals surface area contributed by atoms with Gasteiger partial charge in [-0.15, -0.1) is 0 Å². The van der Waals surface area contributed by atoms with Crippen LogP contribution >= 0.6 is 0 Å². The maximum atomic E-state index is 12.6. The quantitative estimate of drug-likeness (QED) is 0.618. The van der Waals surface area contributed by atoms with E-state index in [2.05, 4.69) is 18.2 Å². The van der Waals surface area contributed by atoms with Crippen molar-refractivity contribution in [1.29, 1.82) is 0 Å². The maximum absolute atomic E-state index is 12.6. The standard InChI is InChI=1S/C23H24O3/c1-15(17-11-5-6-12-18(17)16-9-3-2-4-10-16)21-22(24)19-13-7-8-14-20(19)26-23(21)25/h5-8,11-16,24H,2-4,9-10H2,1H3. The van der Waals surface area contributed by atoms with E-state index in [1.807, 2.05) is 19.1 Å². The Morgan fingerprint density at radius 3 is 2.50 bits per heavy atom. The Balaban J connectivity index is 1.83. The van der Waals surface area contributed by atoms with Gasteiger partial charge in [0.2, 0.25) is 0 Å². The number of fused-ring (bicyclic) bond motifs is 1. The molecule has 0 aliphatic heterocycles. The van der Waals surface area contributed by atoms with Gasteiger partial charge in [-0.3, -0.25) is 0 Å². The van der Waals surface area contributed by atoms with E-state index in [1.54, 1.807) is 18.2 Å². The van der Waals surface area contributed by atoms with Crippen molar-refractivity contribution in [3.05, 3.63) is 75.6 Å². The van der Waals surface area contributed by atoms with Crippen LogP contribution in [-0.2, 0) is 0 Å². The minimum absolute atomic E-state index is 0.0443. The molecule has 0 radical (unpaired) electrons. The van der Waals surface area contributed by atoms with Gasteiger partial charge in [0, 0.05) is 5.92 Å². The molecule has 0 bridgehead atoms. The van der Waals surface area contributed by atoms with E-state index in [-0.39, 0.29) is 11.7 Å². The predicted molar refractivity (Wildman–Crippen MR) is 104 cm³/mol. The summed E-state index contributed by atoms with van der Waals surface area (Å²) >= 11 is 0. The van der Waals surface area contributed by atoms with Gasteiger partial charge in [-0.05, 0) is 42.0 Å². The molecule has 1 saturated carbocycles. The largest absolute Gasteiger partial charge is 0.507 e. The first kappa shape index (κ1) is 16.9. The zero-order valence-electron chi connectivity index (χ0n) is 15.1.